The second kappa shape index (κ2) is 5.32. The van der Waals surface area contributed by atoms with Crippen LogP contribution in [0.5, 0.6) is 0 Å². The van der Waals surface area contributed by atoms with Gasteiger partial charge in [0.1, 0.15) is 0 Å². The molecule has 1 atom stereocenters. The number of carbonyl (C=O) groups is 1. The molecule has 2 aliphatic rings. The monoisotopic (exact) mass is 283 g/mol. The number of fused-ring (bicyclic) bond motifs is 3. The molecule has 1 aromatic rings. The molecule has 0 saturated heterocycles. The Hall–Kier alpha value is -1.57. The minimum atomic E-state index is 0.200. The van der Waals surface area contributed by atoms with Gasteiger partial charge in [0.15, 0.2) is 5.78 Å². The van der Waals surface area contributed by atoms with Gasteiger partial charge in [-0.25, -0.2) is 0 Å². The van der Waals surface area contributed by atoms with Crippen LogP contribution in [0.2, 0.25) is 0 Å². The van der Waals surface area contributed by atoms with Gasteiger partial charge in [0, 0.05) is 17.5 Å². The zero-order valence-electron chi connectivity index (χ0n) is 13.2. The molecule has 2 aliphatic carbocycles. The summed E-state index contributed by atoms with van der Waals surface area (Å²) in [6, 6.07) is 6.24. The maximum atomic E-state index is 12.4. The Morgan fingerprint density at radius 3 is 2.81 bits per heavy atom. The number of hydrogen-bond donors (Lipinski definition) is 1. The van der Waals surface area contributed by atoms with E-state index in [1.807, 2.05) is 6.07 Å². The Balaban J connectivity index is 2.17. The number of nitrogens with two attached hydrogens (primary N) is 1. The van der Waals surface area contributed by atoms with Gasteiger partial charge in [0.05, 0.1) is 0 Å². The normalized spacial score (nSPS) is 24.2. The zero-order valence-corrected chi connectivity index (χ0v) is 13.2. The standard InChI is InChI=1S/C19H25NO/c1-3-5-9-19-10-8-17(21)15(4-2)18(19)16-7-6-14(20)11-13(16)12-19/h6-7,11H,3-5,8-10,12,20H2,1-2H3. The molecule has 0 saturated carbocycles. The number of allylic oxidation sites excluding steroid dienone is 2. The number of anilines is 1. The van der Waals surface area contributed by atoms with Crippen LogP contribution in [-0.2, 0) is 11.2 Å². The van der Waals surface area contributed by atoms with Crippen molar-refractivity contribution in [3.63, 3.8) is 0 Å². The fraction of sp³-hybridized carbons (Fsp3) is 0.526. The van der Waals surface area contributed by atoms with Crippen molar-refractivity contribution in [2.24, 2.45) is 5.41 Å². The lowest BCUT2D eigenvalue weighted by Crippen LogP contribution is -2.28. The lowest BCUT2D eigenvalue weighted by Gasteiger charge is -2.36. The van der Waals surface area contributed by atoms with Crippen molar-refractivity contribution in [3.8, 4) is 0 Å². The Bertz CT molecular complexity index is 614. The molecule has 0 aromatic heterocycles. The van der Waals surface area contributed by atoms with Gasteiger partial charge in [-0.2, -0.15) is 0 Å². The smallest absolute Gasteiger partial charge is 0.159 e. The van der Waals surface area contributed by atoms with Gasteiger partial charge in [-0.15, -0.1) is 0 Å². The van der Waals surface area contributed by atoms with Gasteiger partial charge in [-0.3, -0.25) is 4.79 Å². The molecule has 0 aliphatic heterocycles. The summed E-state index contributed by atoms with van der Waals surface area (Å²) in [7, 11) is 0. The SMILES string of the molecule is CCCCC12CCC(=O)C(CC)=C1c1ccc(N)cc1C2. The maximum absolute atomic E-state index is 12.4. The molecular formula is C19H25NO. The van der Waals surface area contributed by atoms with E-state index in [0.717, 1.165) is 36.9 Å². The number of carbonyl (C=O) groups excluding carboxylic acids is 1. The molecule has 0 amide bonds. The molecular weight excluding hydrogens is 258 g/mol. The predicted molar refractivity (Wildman–Crippen MR) is 88.0 cm³/mol. The molecule has 0 heterocycles. The number of rotatable bonds is 4. The van der Waals surface area contributed by atoms with E-state index < -0.39 is 0 Å². The second-order valence-corrected chi connectivity index (χ2v) is 6.61. The largest absolute Gasteiger partial charge is 0.399 e. The van der Waals surface area contributed by atoms with Crippen LogP contribution in [0.1, 0.15) is 63.5 Å². The van der Waals surface area contributed by atoms with Crippen molar-refractivity contribution in [2.45, 2.75) is 58.8 Å². The second-order valence-electron chi connectivity index (χ2n) is 6.61. The molecule has 0 radical (unpaired) electrons. The summed E-state index contributed by atoms with van der Waals surface area (Å²) < 4.78 is 0. The predicted octanol–water partition coefficient (Wildman–Crippen LogP) is 4.53. The van der Waals surface area contributed by atoms with E-state index in [1.54, 1.807) is 0 Å². The number of benzene rings is 1. The van der Waals surface area contributed by atoms with Crippen molar-refractivity contribution < 1.29 is 4.79 Å². The first-order valence-corrected chi connectivity index (χ1v) is 8.27. The fourth-order valence-electron chi connectivity index (χ4n) is 4.31. The molecule has 0 spiro atoms. The van der Waals surface area contributed by atoms with Crippen molar-refractivity contribution in [2.75, 3.05) is 5.73 Å². The summed E-state index contributed by atoms with van der Waals surface area (Å²) in [5, 5.41) is 0. The van der Waals surface area contributed by atoms with Gasteiger partial charge < -0.3 is 5.73 Å². The van der Waals surface area contributed by atoms with Gasteiger partial charge in [-0.05, 0) is 60.1 Å². The minimum Gasteiger partial charge on any atom is -0.399 e. The fourth-order valence-corrected chi connectivity index (χ4v) is 4.31. The van der Waals surface area contributed by atoms with E-state index in [9.17, 15) is 4.79 Å². The van der Waals surface area contributed by atoms with Gasteiger partial charge in [0.25, 0.3) is 0 Å². The van der Waals surface area contributed by atoms with Crippen molar-refractivity contribution in [3.05, 3.63) is 34.9 Å². The highest BCUT2D eigenvalue weighted by Gasteiger charge is 2.45. The number of hydrogen-bond acceptors (Lipinski definition) is 2. The van der Waals surface area contributed by atoms with Crippen molar-refractivity contribution >= 4 is 17.0 Å². The first-order valence-electron chi connectivity index (χ1n) is 8.27. The van der Waals surface area contributed by atoms with Crippen LogP contribution in [0.4, 0.5) is 5.69 Å². The summed E-state index contributed by atoms with van der Waals surface area (Å²) in [5.74, 6) is 0.365. The Morgan fingerprint density at radius 1 is 1.29 bits per heavy atom. The summed E-state index contributed by atoms with van der Waals surface area (Å²) in [6.07, 6.45) is 7.30. The van der Waals surface area contributed by atoms with Crippen molar-refractivity contribution in [1.29, 1.82) is 0 Å². The molecule has 3 rings (SSSR count). The van der Waals surface area contributed by atoms with Crippen LogP contribution in [0.25, 0.3) is 5.57 Å². The summed E-state index contributed by atoms with van der Waals surface area (Å²) in [5.41, 5.74) is 12.1. The summed E-state index contributed by atoms with van der Waals surface area (Å²) in [6.45, 7) is 4.36. The number of nitrogen functional groups attached to an aromatic ring is 1. The Morgan fingerprint density at radius 2 is 2.10 bits per heavy atom. The Kier molecular flexibility index (Phi) is 3.64. The number of Topliss-reactive ketones (excluding diaryl/α,β-unsaturated/α-hetero) is 1. The van der Waals surface area contributed by atoms with Crippen LogP contribution in [0, 0.1) is 5.41 Å². The van der Waals surface area contributed by atoms with Gasteiger partial charge >= 0.3 is 0 Å². The topological polar surface area (TPSA) is 43.1 Å². The quantitative estimate of drug-likeness (QED) is 0.825. The molecule has 0 bridgehead atoms. The third-order valence-electron chi connectivity index (χ3n) is 5.29. The third-order valence-corrected chi connectivity index (χ3v) is 5.29. The number of unbranched alkanes of at least 4 members (excludes halogenated alkanes) is 1. The van der Waals surface area contributed by atoms with E-state index in [0.29, 0.717) is 5.78 Å². The minimum absolute atomic E-state index is 0.200. The number of ketones is 1. The average molecular weight is 283 g/mol. The molecule has 21 heavy (non-hydrogen) atoms. The van der Waals surface area contributed by atoms with Crippen LogP contribution in [0.3, 0.4) is 0 Å². The molecule has 112 valence electrons. The molecule has 0 fully saturated rings. The summed E-state index contributed by atoms with van der Waals surface area (Å²) >= 11 is 0. The average Bonchev–Trinajstić information content (AvgIpc) is 2.79. The first kappa shape index (κ1) is 14.4. The molecule has 2 nitrogen and oxygen atoms in total. The maximum Gasteiger partial charge on any atom is 0.159 e. The van der Waals surface area contributed by atoms with E-state index in [4.69, 9.17) is 5.73 Å². The highest BCUT2D eigenvalue weighted by atomic mass is 16.1. The van der Waals surface area contributed by atoms with E-state index in [1.165, 1.54) is 36.0 Å². The van der Waals surface area contributed by atoms with Gasteiger partial charge in [0.2, 0.25) is 0 Å². The van der Waals surface area contributed by atoms with Crippen molar-refractivity contribution in [1.82, 2.24) is 0 Å². The highest BCUT2D eigenvalue weighted by molar-refractivity contribution is 6.06. The van der Waals surface area contributed by atoms with Crippen LogP contribution >= 0.6 is 0 Å². The Labute approximate surface area is 127 Å². The van der Waals surface area contributed by atoms with E-state index in [-0.39, 0.29) is 5.41 Å². The van der Waals surface area contributed by atoms with Crippen LogP contribution < -0.4 is 5.73 Å². The van der Waals surface area contributed by atoms with E-state index in [2.05, 4.69) is 26.0 Å². The highest BCUT2D eigenvalue weighted by Crippen LogP contribution is 2.56. The molecule has 2 N–H and O–H groups in total. The van der Waals surface area contributed by atoms with Crippen LogP contribution in [0.15, 0.2) is 23.8 Å². The summed E-state index contributed by atoms with van der Waals surface area (Å²) in [4.78, 5) is 12.4. The third kappa shape index (κ3) is 2.21. The lowest BCUT2D eigenvalue weighted by atomic mass is 9.67. The molecule has 1 aromatic carbocycles. The zero-order chi connectivity index (χ0) is 15.0. The van der Waals surface area contributed by atoms with Crippen LogP contribution in [-0.4, -0.2) is 5.78 Å². The molecule has 2 heteroatoms. The van der Waals surface area contributed by atoms with E-state index >= 15 is 0 Å². The lowest BCUT2D eigenvalue weighted by molar-refractivity contribution is -0.116. The van der Waals surface area contributed by atoms with Gasteiger partial charge in [-0.1, -0.05) is 32.8 Å². The first-order chi connectivity index (χ1) is 10.1. The molecule has 1 unspecified atom stereocenters.